The Morgan fingerprint density at radius 3 is 2.64 bits per heavy atom. The molecule has 3 aromatic rings. The first kappa shape index (κ1) is 17.2. The summed E-state index contributed by atoms with van der Waals surface area (Å²) in [5.41, 5.74) is 2.43. The molecule has 0 aliphatic heterocycles. The molecule has 0 saturated carbocycles. The number of nitrogens with zero attached hydrogens (tertiary/aromatic N) is 3. The van der Waals surface area contributed by atoms with E-state index in [1.165, 1.54) is 6.20 Å². The smallest absolute Gasteiger partial charge is 0.265 e. The highest BCUT2D eigenvalue weighted by Gasteiger charge is 2.23. The van der Waals surface area contributed by atoms with Gasteiger partial charge >= 0.3 is 0 Å². The Kier molecular flexibility index (Phi) is 4.34. The van der Waals surface area contributed by atoms with Gasteiger partial charge in [0.15, 0.2) is 5.82 Å². The van der Waals surface area contributed by atoms with Crippen molar-refractivity contribution in [1.82, 2.24) is 20.3 Å². The lowest BCUT2D eigenvalue weighted by atomic mass is 10.1. The van der Waals surface area contributed by atoms with Crippen LogP contribution in [0.5, 0.6) is 0 Å². The van der Waals surface area contributed by atoms with Crippen LogP contribution in [-0.4, -0.2) is 28.8 Å². The fraction of sp³-hybridized carbons (Fsp3) is 0.312. The fourth-order valence-electron chi connectivity index (χ4n) is 2.39. The minimum Gasteiger partial charge on any atom is -0.334 e. The predicted octanol–water partition coefficient (Wildman–Crippen LogP) is 3.00. The first-order valence-corrected chi connectivity index (χ1v) is 9.23. The summed E-state index contributed by atoms with van der Waals surface area (Å²) in [6.45, 7) is 7.34. The van der Waals surface area contributed by atoms with E-state index < -0.39 is 10.0 Å². The van der Waals surface area contributed by atoms with Crippen molar-refractivity contribution in [3.63, 3.8) is 0 Å². The summed E-state index contributed by atoms with van der Waals surface area (Å²) in [6.07, 6.45) is 1.32. The summed E-state index contributed by atoms with van der Waals surface area (Å²) < 4.78 is 33.3. The molecule has 0 radical (unpaired) electrons. The first-order chi connectivity index (χ1) is 11.8. The topological polar surface area (TPSA) is 114 Å². The molecule has 0 aliphatic carbocycles. The van der Waals surface area contributed by atoms with Crippen molar-refractivity contribution in [3.05, 3.63) is 41.5 Å². The van der Waals surface area contributed by atoms with Crippen molar-refractivity contribution in [2.24, 2.45) is 0 Å². The van der Waals surface area contributed by atoms with Gasteiger partial charge in [0.1, 0.15) is 4.90 Å². The third-order valence-electron chi connectivity index (χ3n) is 3.76. The van der Waals surface area contributed by atoms with Gasteiger partial charge in [0.2, 0.25) is 0 Å². The molecule has 0 atom stereocenters. The van der Waals surface area contributed by atoms with Crippen molar-refractivity contribution in [3.8, 4) is 11.5 Å². The van der Waals surface area contributed by atoms with Gasteiger partial charge in [0.05, 0.1) is 17.6 Å². The second kappa shape index (κ2) is 6.32. The number of aromatic nitrogens is 4. The number of nitrogens with one attached hydrogen (secondary N) is 2. The number of hydrogen-bond acceptors (Lipinski definition) is 6. The number of benzene rings is 1. The molecule has 2 N–H and O–H groups in total. The van der Waals surface area contributed by atoms with Crippen molar-refractivity contribution in [2.75, 3.05) is 4.72 Å². The molecule has 0 saturated heterocycles. The molecule has 0 amide bonds. The summed E-state index contributed by atoms with van der Waals surface area (Å²) in [5, 5.41) is 10.4. The molecular weight excluding hydrogens is 342 g/mol. The van der Waals surface area contributed by atoms with Crippen LogP contribution < -0.4 is 4.72 Å². The van der Waals surface area contributed by atoms with Gasteiger partial charge in [0.25, 0.3) is 15.9 Å². The summed E-state index contributed by atoms with van der Waals surface area (Å²) in [7, 11) is -3.77. The van der Waals surface area contributed by atoms with E-state index >= 15 is 0 Å². The van der Waals surface area contributed by atoms with Crippen molar-refractivity contribution >= 4 is 15.7 Å². The number of aromatic amines is 1. The lowest BCUT2D eigenvalue weighted by molar-refractivity contribution is 0.425. The molecule has 25 heavy (non-hydrogen) atoms. The number of anilines is 1. The average Bonchev–Trinajstić information content (AvgIpc) is 3.18. The molecular formula is C16H19N5O3S. The monoisotopic (exact) mass is 361 g/mol. The predicted molar refractivity (Wildman–Crippen MR) is 92.7 cm³/mol. The van der Waals surface area contributed by atoms with Gasteiger partial charge in [-0.05, 0) is 37.5 Å². The van der Waals surface area contributed by atoms with E-state index in [4.69, 9.17) is 4.52 Å². The van der Waals surface area contributed by atoms with Crippen LogP contribution in [0.15, 0.2) is 33.8 Å². The van der Waals surface area contributed by atoms with E-state index in [0.29, 0.717) is 28.7 Å². The van der Waals surface area contributed by atoms with Gasteiger partial charge in [-0.2, -0.15) is 10.1 Å². The molecule has 0 spiro atoms. The maximum Gasteiger partial charge on any atom is 0.265 e. The van der Waals surface area contributed by atoms with Crippen LogP contribution in [0.4, 0.5) is 5.69 Å². The summed E-state index contributed by atoms with van der Waals surface area (Å²) in [6, 6.07) is 5.28. The molecule has 0 fully saturated rings. The normalized spacial score (nSPS) is 11.9. The van der Waals surface area contributed by atoms with Gasteiger partial charge in [0, 0.05) is 5.56 Å². The minimum atomic E-state index is -3.77. The lowest BCUT2D eigenvalue weighted by Crippen LogP contribution is -2.15. The third-order valence-corrected chi connectivity index (χ3v) is 5.15. The number of H-pyrrole nitrogens is 1. The zero-order chi connectivity index (χ0) is 18.2. The van der Waals surface area contributed by atoms with Gasteiger partial charge in [-0.15, -0.1) is 0 Å². The number of sulfonamides is 1. The van der Waals surface area contributed by atoms with E-state index in [2.05, 4.69) is 25.1 Å². The van der Waals surface area contributed by atoms with Crippen LogP contribution in [0.2, 0.25) is 0 Å². The van der Waals surface area contributed by atoms with Crippen LogP contribution in [0.25, 0.3) is 11.5 Å². The lowest BCUT2D eigenvalue weighted by Gasteiger charge is -2.12. The number of rotatable bonds is 5. The van der Waals surface area contributed by atoms with E-state index in [0.717, 1.165) is 5.56 Å². The Morgan fingerprint density at radius 1 is 1.24 bits per heavy atom. The molecule has 8 nitrogen and oxygen atoms in total. The van der Waals surface area contributed by atoms with E-state index in [9.17, 15) is 8.42 Å². The Bertz CT molecular complexity index is 1000. The summed E-state index contributed by atoms with van der Waals surface area (Å²) in [5.74, 6) is 0.852. The Morgan fingerprint density at radius 2 is 2.00 bits per heavy atom. The fourth-order valence-corrected chi connectivity index (χ4v) is 3.77. The van der Waals surface area contributed by atoms with E-state index in [-0.39, 0.29) is 10.8 Å². The van der Waals surface area contributed by atoms with Crippen molar-refractivity contribution in [1.29, 1.82) is 0 Å². The SMILES string of the molecule is Cc1noc(-c2ccc(C)c(NS(=O)(=O)c3cn[nH]c3C(C)C)c2)n1. The number of aryl methyl sites for hydroxylation is 2. The van der Waals surface area contributed by atoms with Crippen LogP contribution in [-0.2, 0) is 10.0 Å². The molecule has 2 aromatic heterocycles. The molecule has 0 bridgehead atoms. The van der Waals surface area contributed by atoms with Gasteiger partial charge in [-0.3, -0.25) is 9.82 Å². The first-order valence-electron chi connectivity index (χ1n) is 7.75. The highest BCUT2D eigenvalue weighted by Crippen LogP contribution is 2.28. The van der Waals surface area contributed by atoms with Crippen molar-refractivity contribution in [2.45, 2.75) is 38.5 Å². The highest BCUT2D eigenvalue weighted by molar-refractivity contribution is 7.92. The zero-order valence-electron chi connectivity index (χ0n) is 14.4. The summed E-state index contributed by atoms with van der Waals surface area (Å²) >= 11 is 0. The molecule has 3 rings (SSSR count). The Balaban J connectivity index is 1.98. The van der Waals surface area contributed by atoms with Crippen LogP contribution in [0, 0.1) is 13.8 Å². The van der Waals surface area contributed by atoms with Crippen LogP contribution >= 0.6 is 0 Å². The molecule has 0 aliphatic rings. The Hall–Kier alpha value is -2.68. The quantitative estimate of drug-likeness (QED) is 0.722. The maximum absolute atomic E-state index is 12.8. The van der Waals surface area contributed by atoms with Crippen LogP contribution in [0.1, 0.15) is 36.8 Å². The molecule has 0 unspecified atom stereocenters. The van der Waals surface area contributed by atoms with Gasteiger partial charge in [-0.1, -0.05) is 25.1 Å². The summed E-state index contributed by atoms with van der Waals surface area (Å²) in [4.78, 5) is 4.31. The van der Waals surface area contributed by atoms with Gasteiger partial charge in [-0.25, -0.2) is 8.42 Å². The standard InChI is InChI=1S/C16H19N5O3S/c1-9(2)15-14(8-17-19-15)25(22,23)21-13-7-12(6-5-10(13)3)16-18-11(4)20-24-16/h5-9,21H,1-4H3,(H,17,19). The average molecular weight is 361 g/mol. The molecule has 132 valence electrons. The highest BCUT2D eigenvalue weighted by atomic mass is 32.2. The molecule has 1 aromatic carbocycles. The second-order valence-corrected chi connectivity index (χ2v) is 7.74. The van der Waals surface area contributed by atoms with Gasteiger partial charge < -0.3 is 4.52 Å². The van der Waals surface area contributed by atoms with Crippen molar-refractivity contribution < 1.29 is 12.9 Å². The minimum absolute atomic E-state index is 0.00266. The second-order valence-electron chi connectivity index (χ2n) is 6.08. The number of hydrogen-bond donors (Lipinski definition) is 2. The van der Waals surface area contributed by atoms with E-state index in [1.807, 2.05) is 20.8 Å². The maximum atomic E-state index is 12.8. The molecule has 9 heteroatoms. The largest absolute Gasteiger partial charge is 0.334 e. The van der Waals surface area contributed by atoms with E-state index in [1.54, 1.807) is 25.1 Å². The van der Waals surface area contributed by atoms with Crippen LogP contribution in [0.3, 0.4) is 0 Å². The Labute approximate surface area is 145 Å². The zero-order valence-corrected chi connectivity index (χ0v) is 15.2. The molecule has 2 heterocycles. The third kappa shape index (κ3) is 3.41.